The standard InChI is InChI=1S/C17H19NO3/c1-20-11-6-9-17(21-2)15(10-11)18-14-8-7-13-12(14)4-3-5-16(13)19/h3-6,9-10,14,18-19H,7-8H2,1-2H3. The molecule has 2 aromatic rings. The van der Waals surface area contributed by atoms with Crippen LogP contribution in [0.5, 0.6) is 17.2 Å². The van der Waals surface area contributed by atoms with Crippen molar-refractivity contribution in [2.24, 2.45) is 0 Å². The third kappa shape index (κ3) is 2.49. The van der Waals surface area contributed by atoms with Crippen LogP contribution in [0.1, 0.15) is 23.6 Å². The molecule has 21 heavy (non-hydrogen) atoms. The first-order valence-electron chi connectivity index (χ1n) is 7.02. The molecule has 0 saturated heterocycles. The molecule has 0 amide bonds. The molecule has 0 heterocycles. The molecular formula is C17H19NO3. The Morgan fingerprint density at radius 2 is 2.00 bits per heavy atom. The SMILES string of the molecule is COc1ccc(OC)c(NC2CCc3c(O)cccc32)c1. The molecule has 0 aromatic heterocycles. The topological polar surface area (TPSA) is 50.7 Å². The molecule has 4 nitrogen and oxygen atoms in total. The molecule has 1 aliphatic rings. The summed E-state index contributed by atoms with van der Waals surface area (Å²) < 4.78 is 10.7. The van der Waals surface area contributed by atoms with Crippen molar-refractivity contribution in [3.63, 3.8) is 0 Å². The zero-order valence-corrected chi connectivity index (χ0v) is 12.2. The summed E-state index contributed by atoms with van der Waals surface area (Å²) in [4.78, 5) is 0. The van der Waals surface area contributed by atoms with Gasteiger partial charge in [0, 0.05) is 6.07 Å². The van der Waals surface area contributed by atoms with E-state index >= 15 is 0 Å². The van der Waals surface area contributed by atoms with Crippen LogP contribution in [0.2, 0.25) is 0 Å². The summed E-state index contributed by atoms with van der Waals surface area (Å²) in [5, 5.41) is 13.4. The second kappa shape index (κ2) is 5.56. The van der Waals surface area contributed by atoms with Gasteiger partial charge in [-0.1, -0.05) is 12.1 Å². The normalized spacial score (nSPS) is 16.4. The first-order valence-corrected chi connectivity index (χ1v) is 7.02. The van der Waals surface area contributed by atoms with Gasteiger partial charge in [-0.05, 0) is 42.2 Å². The second-order valence-electron chi connectivity index (χ2n) is 5.15. The van der Waals surface area contributed by atoms with Crippen molar-refractivity contribution in [1.29, 1.82) is 0 Å². The van der Waals surface area contributed by atoms with Gasteiger partial charge < -0.3 is 19.9 Å². The maximum atomic E-state index is 9.93. The van der Waals surface area contributed by atoms with Crippen LogP contribution in [0, 0.1) is 0 Å². The number of phenols is 1. The van der Waals surface area contributed by atoms with Crippen LogP contribution in [0.3, 0.4) is 0 Å². The summed E-state index contributed by atoms with van der Waals surface area (Å²) in [5.41, 5.74) is 3.09. The number of fused-ring (bicyclic) bond motifs is 1. The van der Waals surface area contributed by atoms with Crippen LogP contribution < -0.4 is 14.8 Å². The van der Waals surface area contributed by atoms with Crippen LogP contribution in [0.4, 0.5) is 5.69 Å². The van der Waals surface area contributed by atoms with E-state index in [1.54, 1.807) is 20.3 Å². The van der Waals surface area contributed by atoms with Gasteiger partial charge in [-0.2, -0.15) is 0 Å². The lowest BCUT2D eigenvalue weighted by atomic mass is 10.1. The van der Waals surface area contributed by atoms with E-state index < -0.39 is 0 Å². The minimum atomic E-state index is 0.174. The second-order valence-corrected chi connectivity index (χ2v) is 5.15. The minimum absolute atomic E-state index is 0.174. The highest BCUT2D eigenvalue weighted by Gasteiger charge is 2.25. The fourth-order valence-corrected chi connectivity index (χ4v) is 2.90. The molecule has 110 valence electrons. The van der Waals surface area contributed by atoms with Gasteiger partial charge in [-0.25, -0.2) is 0 Å². The number of hydrogen-bond acceptors (Lipinski definition) is 4. The maximum Gasteiger partial charge on any atom is 0.142 e. The summed E-state index contributed by atoms with van der Waals surface area (Å²) in [5.74, 6) is 1.95. The highest BCUT2D eigenvalue weighted by molar-refractivity contribution is 5.62. The largest absolute Gasteiger partial charge is 0.508 e. The van der Waals surface area contributed by atoms with E-state index in [1.807, 2.05) is 24.3 Å². The van der Waals surface area contributed by atoms with Crippen LogP contribution >= 0.6 is 0 Å². The Balaban J connectivity index is 1.91. The van der Waals surface area contributed by atoms with Gasteiger partial charge in [0.25, 0.3) is 0 Å². The monoisotopic (exact) mass is 285 g/mol. The predicted octanol–water partition coefficient (Wildman–Crippen LogP) is 3.51. The van der Waals surface area contributed by atoms with E-state index in [1.165, 1.54) is 0 Å². The number of ether oxygens (including phenoxy) is 2. The van der Waals surface area contributed by atoms with Gasteiger partial charge in [0.05, 0.1) is 25.9 Å². The van der Waals surface area contributed by atoms with Crippen molar-refractivity contribution in [2.45, 2.75) is 18.9 Å². The first-order chi connectivity index (χ1) is 10.2. The molecule has 0 spiro atoms. The summed E-state index contributed by atoms with van der Waals surface area (Å²) >= 11 is 0. The Kier molecular flexibility index (Phi) is 3.60. The van der Waals surface area contributed by atoms with Crippen LogP contribution in [-0.4, -0.2) is 19.3 Å². The molecule has 0 saturated carbocycles. The molecule has 1 unspecified atom stereocenters. The van der Waals surface area contributed by atoms with Crippen LogP contribution in [-0.2, 0) is 6.42 Å². The molecule has 3 rings (SSSR count). The van der Waals surface area contributed by atoms with Crippen molar-refractivity contribution in [2.75, 3.05) is 19.5 Å². The Labute approximate surface area is 124 Å². The molecule has 1 aliphatic carbocycles. The molecule has 1 atom stereocenters. The van der Waals surface area contributed by atoms with Crippen molar-refractivity contribution in [3.8, 4) is 17.2 Å². The lowest BCUT2D eigenvalue weighted by Gasteiger charge is -2.18. The third-order valence-corrected chi connectivity index (χ3v) is 3.98. The van der Waals surface area contributed by atoms with Crippen LogP contribution in [0.15, 0.2) is 36.4 Å². The number of methoxy groups -OCH3 is 2. The zero-order chi connectivity index (χ0) is 14.8. The summed E-state index contributed by atoms with van der Waals surface area (Å²) in [6.07, 6.45) is 1.83. The Bertz CT molecular complexity index is 654. The highest BCUT2D eigenvalue weighted by Crippen LogP contribution is 2.40. The lowest BCUT2D eigenvalue weighted by Crippen LogP contribution is -2.08. The molecule has 0 fully saturated rings. The van der Waals surface area contributed by atoms with Gasteiger partial charge >= 0.3 is 0 Å². The summed E-state index contributed by atoms with van der Waals surface area (Å²) in [6, 6.07) is 11.6. The zero-order valence-electron chi connectivity index (χ0n) is 12.2. The first kappa shape index (κ1) is 13.6. The number of benzene rings is 2. The third-order valence-electron chi connectivity index (χ3n) is 3.98. The molecule has 2 aromatic carbocycles. The Morgan fingerprint density at radius 1 is 1.14 bits per heavy atom. The number of hydrogen-bond donors (Lipinski definition) is 2. The highest BCUT2D eigenvalue weighted by atomic mass is 16.5. The van der Waals surface area contributed by atoms with Gasteiger partial charge in [-0.3, -0.25) is 0 Å². The van der Waals surface area contributed by atoms with Crippen LogP contribution in [0.25, 0.3) is 0 Å². The molecule has 2 N–H and O–H groups in total. The number of aromatic hydroxyl groups is 1. The van der Waals surface area contributed by atoms with Gasteiger partial charge in [-0.15, -0.1) is 0 Å². The minimum Gasteiger partial charge on any atom is -0.508 e. The summed E-state index contributed by atoms with van der Waals surface area (Å²) in [7, 11) is 3.30. The fourth-order valence-electron chi connectivity index (χ4n) is 2.90. The van der Waals surface area contributed by atoms with Crippen molar-refractivity contribution < 1.29 is 14.6 Å². The van der Waals surface area contributed by atoms with E-state index in [2.05, 4.69) is 11.4 Å². The van der Waals surface area contributed by atoms with Gasteiger partial charge in [0.1, 0.15) is 17.2 Å². The average molecular weight is 285 g/mol. The number of rotatable bonds is 4. The van der Waals surface area contributed by atoms with Crippen molar-refractivity contribution in [1.82, 2.24) is 0 Å². The van der Waals surface area contributed by atoms with Gasteiger partial charge in [0.15, 0.2) is 0 Å². The average Bonchev–Trinajstić information content (AvgIpc) is 2.92. The number of anilines is 1. The number of phenolic OH excluding ortho intramolecular Hbond substituents is 1. The van der Waals surface area contributed by atoms with E-state index in [0.29, 0.717) is 5.75 Å². The molecular weight excluding hydrogens is 266 g/mol. The van der Waals surface area contributed by atoms with Crippen molar-refractivity contribution >= 4 is 5.69 Å². The van der Waals surface area contributed by atoms with Gasteiger partial charge in [0.2, 0.25) is 0 Å². The predicted molar refractivity (Wildman–Crippen MR) is 82.3 cm³/mol. The van der Waals surface area contributed by atoms with E-state index in [-0.39, 0.29) is 6.04 Å². The fraction of sp³-hybridized carbons (Fsp3) is 0.294. The number of nitrogens with one attached hydrogen (secondary N) is 1. The lowest BCUT2D eigenvalue weighted by molar-refractivity contribution is 0.404. The smallest absolute Gasteiger partial charge is 0.142 e. The molecule has 4 heteroatoms. The molecule has 0 aliphatic heterocycles. The quantitative estimate of drug-likeness (QED) is 0.902. The van der Waals surface area contributed by atoms with E-state index in [9.17, 15) is 5.11 Å². The van der Waals surface area contributed by atoms with E-state index in [4.69, 9.17) is 9.47 Å². The molecule has 0 bridgehead atoms. The van der Waals surface area contributed by atoms with Crippen molar-refractivity contribution in [3.05, 3.63) is 47.5 Å². The summed E-state index contributed by atoms with van der Waals surface area (Å²) in [6.45, 7) is 0. The Morgan fingerprint density at radius 3 is 2.76 bits per heavy atom. The van der Waals surface area contributed by atoms with E-state index in [0.717, 1.165) is 41.2 Å². The molecule has 0 radical (unpaired) electrons. The maximum absolute atomic E-state index is 9.93. The Hall–Kier alpha value is -2.36.